The second-order valence-corrected chi connectivity index (χ2v) is 3.78. The second-order valence-electron chi connectivity index (χ2n) is 3.50. The highest BCUT2D eigenvalue weighted by atomic mass is 32.1. The van der Waals surface area contributed by atoms with Gasteiger partial charge in [-0.1, -0.05) is 0 Å². The molecule has 0 aliphatic carbocycles. The molecule has 1 rings (SSSR count). The van der Waals surface area contributed by atoms with Gasteiger partial charge in [0.2, 0.25) is 0 Å². The Bertz CT molecular complexity index is 271. The number of ether oxygens (including phenoxy) is 1. The molecule has 0 fully saturated rings. The zero-order valence-electron chi connectivity index (χ0n) is 8.90. The van der Waals surface area contributed by atoms with Crippen molar-refractivity contribution in [2.45, 2.75) is 20.0 Å². The zero-order valence-corrected chi connectivity index (χ0v) is 9.79. The van der Waals surface area contributed by atoms with Crippen LogP contribution in [0.3, 0.4) is 0 Å². The number of anilines is 1. The molecule has 0 saturated heterocycles. The van der Waals surface area contributed by atoms with Crippen LogP contribution in [0.2, 0.25) is 0 Å². The summed E-state index contributed by atoms with van der Waals surface area (Å²) in [6, 6.07) is 8.03. The molecule has 2 nitrogen and oxygen atoms in total. The van der Waals surface area contributed by atoms with E-state index in [0.717, 1.165) is 11.4 Å². The van der Waals surface area contributed by atoms with E-state index >= 15 is 0 Å². The van der Waals surface area contributed by atoms with Crippen molar-refractivity contribution < 1.29 is 4.74 Å². The van der Waals surface area contributed by atoms with E-state index in [1.54, 1.807) is 0 Å². The summed E-state index contributed by atoms with van der Waals surface area (Å²) in [4.78, 5) is 2.06. The van der Waals surface area contributed by atoms with Gasteiger partial charge < -0.3 is 9.64 Å². The first-order valence-electron chi connectivity index (χ1n) is 4.72. The third-order valence-corrected chi connectivity index (χ3v) is 2.29. The van der Waals surface area contributed by atoms with E-state index in [-0.39, 0.29) is 6.10 Å². The van der Waals surface area contributed by atoms with Crippen LogP contribution in [0.25, 0.3) is 0 Å². The van der Waals surface area contributed by atoms with Crippen LogP contribution in [0.5, 0.6) is 5.75 Å². The lowest BCUT2D eigenvalue weighted by Gasteiger charge is -2.17. The van der Waals surface area contributed by atoms with Crippen LogP contribution < -0.4 is 9.64 Å². The van der Waals surface area contributed by atoms with E-state index in [2.05, 4.69) is 17.5 Å². The fourth-order valence-corrected chi connectivity index (χ4v) is 1.30. The van der Waals surface area contributed by atoms with Gasteiger partial charge in [-0.15, -0.1) is 0 Å². The van der Waals surface area contributed by atoms with Gasteiger partial charge >= 0.3 is 0 Å². The van der Waals surface area contributed by atoms with Crippen LogP contribution >= 0.6 is 12.6 Å². The van der Waals surface area contributed by atoms with Crippen LogP contribution in [0.4, 0.5) is 5.69 Å². The lowest BCUT2D eigenvalue weighted by molar-refractivity contribution is 0.242. The minimum Gasteiger partial charge on any atom is -0.491 e. The lowest BCUT2D eigenvalue weighted by Crippen LogP contribution is -2.14. The summed E-state index contributed by atoms with van der Waals surface area (Å²) < 4.78 is 5.54. The summed E-state index contributed by atoms with van der Waals surface area (Å²) >= 11 is 4.20. The molecule has 0 aliphatic rings. The molecule has 14 heavy (non-hydrogen) atoms. The molecule has 0 bridgehead atoms. The fraction of sp³-hybridized carbons (Fsp3) is 0.455. The second kappa shape index (κ2) is 5.15. The molecular weight excluding hydrogens is 194 g/mol. The standard InChI is InChI=1S/C11H17NOS/c1-9(2)13-11-6-4-10(5-7-11)12(3)8-14/h4-7,9,14H,8H2,1-3H3. The Morgan fingerprint density at radius 1 is 1.29 bits per heavy atom. The Balaban J connectivity index is 2.68. The predicted molar refractivity (Wildman–Crippen MR) is 64.5 cm³/mol. The number of hydrogen-bond acceptors (Lipinski definition) is 3. The highest BCUT2D eigenvalue weighted by Gasteiger charge is 2.00. The van der Waals surface area contributed by atoms with E-state index in [4.69, 9.17) is 4.74 Å². The van der Waals surface area contributed by atoms with Gasteiger partial charge in [0.05, 0.1) is 12.0 Å². The number of hydrogen-bond donors (Lipinski definition) is 1. The van der Waals surface area contributed by atoms with Gasteiger partial charge in [-0.3, -0.25) is 0 Å². The molecule has 0 saturated carbocycles. The number of nitrogens with zero attached hydrogens (tertiary/aromatic N) is 1. The van der Waals surface area contributed by atoms with Crippen molar-refractivity contribution in [2.24, 2.45) is 0 Å². The van der Waals surface area contributed by atoms with Gasteiger partial charge in [0.25, 0.3) is 0 Å². The van der Waals surface area contributed by atoms with Gasteiger partial charge in [-0.2, -0.15) is 12.6 Å². The quantitative estimate of drug-likeness (QED) is 0.607. The van der Waals surface area contributed by atoms with Crippen molar-refractivity contribution in [3.63, 3.8) is 0 Å². The maximum Gasteiger partial charge on any atom is 0.119 e. The van der Waals surface area contributed by atoms with Gasteiger partial charge in [0.1, 0.15) is 5.75 Å². The molecule has 0 N–H and O–H groups in total. The molecule has 1 aromatic carbocycles. The molecule has 1 aromatic rings. The van der Waals surface area contributed by atoms with Crippen molar-refractivity contribution in [1.29, 1.82) is 0 Å². The molecule has 0 aliphatic heterocycles. The Morgan fingerprint density at radius 2 is 1.86 bits per heavy atom. The Morgan fingerprint density at radius 3 is 2.29 bits per heavy atom. The van der Waals surface area contributed by atoms with Crippen molar-refractivity contribution in [2.75, 3.05) is 17.8 Å². The minimum absolute atomic E-state index is 0.225. The topological polar surface area (TPSA) is 12.5 Å². The normalized spacial score (nSPS) is 10.4. The number of benzene rings is 1. The molecule has 0 spiro atoms. The largest absolute Gasteiger partial charge is 0.491 e. The van der Waals surface area contributed by atoms with Gasteiger partial charge in [-0.05, 0) is 38.1 Å². The molecule has 0 amide bonds. The molecule has 3 heteroatoms. The van der Waals surface area contributed by atoms with Crippen LogP contribution in [0, 0.1) is 0 Å². The SMILES string of the molecule is CC(C)Oc1ccc(N(C)CS)cc1. The molecule has 78 valence electrons. The van der Waals surface area contributed by atoms with Crippen molar-refractivity contribution >= 4 is 18.3 Å². The summed E-state index contributed by atoms with van der Waals surface area (Å²) in [5.41, 5.74) is 1.15. The summed E-state index contributed by atoms with van der Waals surface area (Å²) in [6.07, 6.45) is 0.225. The minimum atomic E-state index is 0.225. The summed E-state index contributed by atoms with van der Waals surface area (Å²) in [7, 11) is 2.01. The summed E-state index contributed by atoms with van der Waals surface area (Å²) in [5.74, 6) is 1.63. The van der Waals surface area contributed by atoms with Crippen LogP contribution in [0.15, 0.2) is 24.3 Å². The Kier molecular flexibility index (Phi) is 4.14. The van der Waals surface area contributed by atoms with E-state index in [1.165, 1.54) is 0 Å². The maximum absolute atomic E-state index is 5.54. The first-order valence-corrected chi connectivity index (χ1v) is 5.35. The first-order chi connectivity index (χ1) is 6.63. The average Bonchev–Trinajstić information content (AvgIpc) is 2.17. The lowest BCUT2D eigenvalue weighted by atomic mass is 10.3. The predicted octanol–water partition coefficient (Wildman–Crippen LogP) is 2.80. The van der Waals surface area contributed by atoms with Crippen LogP contribution in [0.1, 0.15) is 13.8 Å². The maximum atomic E-state index is 5.54. The van der Waals surface area contributed by atoms with E-state index < -0.39 is 0 Å². The Labute approximate surface area is 91.3 Å². The van der Waals surface area contributed by atoms with Gasteiger partial charge in [0, 0.05) is 12.7 Å². The smallest absolute Gasteiger partial charge is 0.119 e. The van der Waals surface area contributed by atoms with E-state index in [0.29, 0.717) is 5.88 Å². The molecule has 0 heterocycles. The summed E-state index contributed by atoms with van der Waals surface area (Å²) in [6.45, 7) is 4.04. The van der Waals surface area contributed by atoms with Crippen LogP contribution in [-0.2, 0) is 0 Å². The third kappa shape index (κ3) is 3.14. The van der Waals surface area contributed by atoms with Crippen molar-refractivity contribution in [3.05, 3.63) is 24.3 Å². The van der Waals surface area contributed by atoms with Crippen LogP contribution in [-0.4, -0.2) is 19.0 Å². The van der Waals surface area contributed by atoms with E-state index in [9.17, 15) is 0 Å². The first kappa shape index (κ1) is 11.2. The number of thiol groups is 1. The molecule has 0 aromatic heterocycles. The average molecular weight is 211 g/mol. The van der Waals surface area contributed by atoms with Gasteiger partial charge in [0.15, 0.2) is 0 Å². The van der Waals surface area contributed by atoms with Gasteiger partial charge in [-0.25, -0.2) is 0 Å². The highest BCUT2D eigenvalue weighted by Crippen LogP contribution is 2.19. The summed E-state index contributed by atoms with van der Waals surface area (Å²) in [5, 5.41) is 0. The monoisotopic (exact) mass is 211 g/mol. The zero-order chi connectivity index (χ0) is 10.6. The Hall–Kier alpha value is -0.830. The number of rotatable bonds is 4. The van der Waals surface area contributed by atoms with E-state index in [1.807, 2.05) is 45.2 Å². The van der Waals surface area contributed by atoms with Crippen molar-refractivity contribution in [1.82, 2.24) is 0 Å². The molecule has 0 unspecified atom stereocenters. The molecule has 0 atom stereocenters. The third-order valence-electron chi connectivity index (χ3n) is 1.86. The highest BCUT2D eigenvalue weighted by molar-refractivity contribution is 7.80. The van der Waals surface area contributed by atoms with Crippen molar-refractivity contribution in [3.8, 4) is 5.75 Å². The molecule has 0 radical (unpaired) electrons. The molecular formula is C11H17NOS. The fourth-order valence-electron chi connectivity index (χ4n) is 1.13.